The van der Waals surface area contributed by atoms with E-state index in [1.165, 1.54) is 5.57 Å². The lowest BCUT2D eigenvalue weighted by Gasteiger charge is -2.22. The van der Waals surface area contributed by atoms with E-state index < -0.39 is 5.97 Å². The van der Waals surface area contributed by atoms with Gasteiger partial charge in [0.1, 0.15) is 5.75 Å². The van der Waals surface area contributed by atoms with Crippen molar-refractivity contribution in [2.24, 2.45) is 5.16 Å². The van der Waals surface area contributed by atoms with Crippen molar-refractivity contribution in [3.8, 4) is 5.75 Å². The molecule has 1 heterocycles. The highest BCUT2D eigenvalue weighted by Gasteiger charge is 2.19. The summed E-state index contributed by atoms with van der Waals surface area (Å²) in [6.45, 7) is 1.74. The van der Waals surface area contributed by atoms with Gasteiger partial charge in [0.2, 0.25) is 0 Å². The molecule has 0 fully saturated rings. The molecule has 4 rings (SSSR count). The van der Waals surface area contributed by atoms with Crippen LogP contribution in [0, 0.1) is 0 Å². The van der Waals surface area contributed by atoms with Crippen LogP contribution in [0.2, 0.25) is 0 Å². The fraction of sp³-hybridized carbons (Fsp3) is 0.250. The fourth-order valence-corrected chi connectivity index (χ4v) is 4.11. The standard InChI is InChI=1S/C28H28N2O4/c1-2-24(30-34-28(21-7-4-3-5-8-21)22-13-15-29-16-14-22)18-20-11-12-25-23(17-20)9-6-10-26(25)33-19-27(31)32/h3-10,13-16,18,28H,2,11-12,17,19H2,1H3,(H,31,32). The average molecular weight is 457 g/mol. The summed E-state index contributed by atoms with van der Waals surface area (Å²) >= 11 is 0. The normalized spacial score (nSPS) is 15.4. The van der Waals surface area contributed by atoms with Crippen LogP contribution in [0.15, 0.2) is 89.9 Å². The van der Waals surface area contributed by atoms with E-state index in [0.29, 0.717) is 5.75 Å². The summed E-state index contributed by atoms with van der Waals surface area (Å²) in [5.41, 5.74) is 6.43. The average Bonchev–Trinajstić information content (AvgIpc) is 2.88. The maximum absolute atomic E-state index is 10.9. The van der Waals surface area contributed by atoms with Crippen molar-refractivity contribution in [1.29, 1.82) is 0 Å². The largest absolute Gasteiger partial charge is 0.482 e. The van der Waals surface area contributed by atoms with Gasteiger partial charge in [0.05, 0.1) is 5.71 Å². The number of fused-ring (bicyclic) bond motifs is 1. The molecule has 1 atom stereocenters. The Morgan fingerprint density at radius 1 is 1.06 bits per heavy atom. The van der Waals surface area contributed by atoms with E-state index in [2.05, 4.69) is 29.2 Å². The molecule has 1 aliphatic carbocycles. The quantitative estimate of drug-likeness (QED) is 0.338. The van der Waals surface area contributed by atoms with E-state index in [9.17, 15) is 4.79 Å². The number of oxime groups is 1. The zero-order chi connectivity index (χ0) is 23.8. The molecule has 1 N–H and O–H groups in total. The van der Waals surface area contributed by atoms with Gasteiger partial charge in [0, 0.05) is 18.0 Å². The Labute approximate surface area is 199 Å². The molecule has 6 heteroatoms. The van der Waals surface area contributed by atoms with Crippen LogP contribution in [-0.2, 0) is 22.5 Å². The van der Waals surface area contributed by atoms with Crippen LogP contribution < -0.4 is 4.74 Å². The first-order chi connectivity index (χ1) is 16.6. The molecule has 2 aromatic carbocycles. The van der Waals surface area contributed by atoms with E-state index in [1.54, 1.807) is 12.4 Å². The number of nitrogens with zero attached hydrogens (tertiary/aromatic N) is 2. The first-order valence-electron chi connectivity index (χ1n) is 11.5. The summed E-state index contributed by atoms with van der Waals surface area (Å²) in [6, 6.07) is 19.8. The van der Waals surface area contributed by atoms with Crippen LogP contribution in [0.25, 0.3) is 0 Å². The molecule has 3 aromatic rings. The first-order valence-corrected chi connectivity index (χ1v) is 11.5. The summed E-state index contributed by atoms with van der Waals surface area (Å²) in [7, 11) is 0. The zero-order valence-corrected chi connectivity index (χ0v) is 19.2. The van der Waals surface area contributed by atoms with Gasteiger partial charge in [-0.05, 0) is 66.6 Å². The monoisotopic (exact) mass is 456 g/mol. The minimum Gasteiger partial charge on any atom is -0.482 e. The molecule has 34 heavy (non-hydrogen) atoms. The van der Waals surface area contributed by atoms with Crippen LogP contribution in [-0.4, -0.2) is 28.4 Å². The number of pyridine rings is 1. The van der Waals surface area contributed by atoms with Crippen LogP contribution in [0.3, 0.4) is 0 Å². The first kappa shape index (κ1) is 23.2. The molecule has 0 saturated carbocycles. The minimum absolute atomic E-state index is 0.315. The second-order valence-electron chi connectivity index (χ2n) is 8.17. The molecule has 0 amide bonds. The zero-order valence-electron chi connectivity index (χ0n) is 19.2. The van der Waals surface area contributed by atoms with Crippen molar-refractivity contribution in [2.75, 3.05) is 6.61 Å². The second-order valence-corrected chi connectivity index (χ2v) is 8.17. The number of carboxylic acid groups (broad SMARTS) is 1. The van der Waals surface area contributed by atoms with Gasteiger partial charge in [-0.2, -0.15) is 0 Å². The number of aromatic nitrogens is 1. The Morgan fingerprint density at radius 3 is 2.56 bits per heavy atom. The highest BCUT2D eigenvalue weighted by atomic mass is 16.6. The van der Waals surface area contributed by atoms with Crippen molar-refractivity contribution in [1.82, 2.24) is 4.98 Å². The maximum Gasteiger partial charge on any atom is 0.341 e. The number of aliphatic carboxylic acids is 1. The number of benzene rings is 2. The number of rotatable bonds is 9. The van der Waals surface area contributed by atoms with E-state index in [1.807, 2.05) is 54.6 Å². The lowest BCUT2D eigenvalue weighted by molar-refractivity contribution is -0.139. The summed E-state index contributed by atoms with van der Waals surface area (Å²) in [5.74, 6) is -0.312. The van der Waals surface area contributed by atoms with Crippen molar-refractivity contribution < 1.29 is 19.5 Å². The minimum atomic E-state index is -0.974. The fourth-order valence-electron chi connectivity index (χ4n) is 4.11. The SMILES string of the molecule is CCC(C=C1CCc2c(cccc2OCC(=O)O)C1)=NOC(c1ccccc1)c1ccncc1. The van der Waals surface area contributed by atoms with Crippen LogP contribution in [0.5, 0.6) is 5.75 Å². The topological polar surface area (TPSA) is 81.0 Å². The predicted octanol–water partition coefficient (Wildman–Crippen LogP) is 5.53. The molecule has 0 aliphatic heterocycles. The molecule has 174 valence electrons. The molecule has 6 nitrogen and oxygen atoms in total. The third-order valence-electron chi connectivity index (χ3n) is 5.81. The van der Waals surface area contributed by atoms with Gasteiger partial charge in [-0.1, -0.05) is 60.1 Å². The highest BCUT2D eigenvalue weighted by Crippen LogP contribution is 2.32. The molecular formula is C28H28N2O4. The summed E-state index contributed by atoms with van der Waals surface area (Å²) < 4.78 is 5.49. The van der Waals surface area contributed by atoms with Gasteiger partial charge in [-0.15, -0.1) is 0 Å². The van der Waals surface area contributed by atoms with Gasteiger partial charge >= 0.3 is 5.97 Å². The third-order valence-corrected chi connectivity index (χ3v) is 5.81. The van der Waals surface area contributed by atoms with E-state index in [4.69, 9.17) is 14.7 Å². The van der Waals surface area contributed by atoms with Crippen LogP contribution >= 0.6 is 0 Å². The number of hydrogen-bond donors (Lipinski definition) is 1. The van der Waals surface area contributed by atoms with Gasteiger partial charge < -0.3 is 14.7 Å². The molecule has 0 saturated heterocycles. The molecule has 0 bridgehead atoms. The molecule has 1 aromatic heterocycles. The van der Waals surface area contributed by atoms with E-state index in [0.717, 1.165) is 53.6 Å². The predicted molar refractivity (Wildman–Crippen MR) is 131 cm³/mol. The Morgan fingerprint density at radius 2 is 1.82 bits per heavy atom. The Kier molecular flexibility index (Phi) is 7.71. The summed E-state index contributed by atoms with van der Waals surface area (Å²) in [5, 5.41) is 13.5. The number of carboxylic acids is 1. The second kappa shape index (κ2) is 11.3. The summed E-state index contributed by atoms with van der Waals surface area (Å²) in [4.78, 5) is 21.1. The molecular weight excluding hydrogens is 428 g/mol. The Hall–Kier alpha value is -3.93. The molecule has 1 aliphatic rings. The number of allylic oxidation sites excluding steroid dienone is 2. The van der Waals surface area contributed by atoms with E-state index in [-0.39, 0.29) is 12.7 Å². The Balaban J connectivity index is 1.52. The van der Waals surface area contributed by atoms with Crippen molar-refractivity contribution in [3.63, 3.8) is 0 Å². The lowest BCUT2D eigenvalue weighted by atomic mass is 9.86. The Bertz CT molecular complexity index is 1130. The number of ether oxygens (including phenoxy) is 1. The highest BCUT2D eigenvalue weighted by molar-refractivity contribution is 5.95. The lowest BCUT2D eigenvalue weighted by Crippen LogP contribution is -2.13. The van der Waals surface area contributed by atoms with Gasteiger partial charge in [0.25, 0.3) is 0 Å². The number of hydrogen-bond acceptors (Lipinski definition) is 5. The molecule has 0 spiro atoms. The maximum atomic E-state index is 10.9. The van der Waals surface area contributed by atoms with Crippen molar-refractivity contribution in [3.05, 3.63) is 107 Å². The van der Waals surface area contributed by atoms with Gasteiger partial charge in [-0.25, -0.2) is 4.79 Å². The van der Waals surface area contributed by atoms with E-state index >= 15 is 0 Å². The summed E-state index contributed by atoms with van der Waals surface area (Å²) in [6.07, 6.45) is 8.53. The molecule has 1 unspecified atom stereocenters. The third kappa shape index (κ3) is 5.90. The smallest absolute Gasteiger partial charge is 0.341 e. The van der Waals surface area contributed by atoms with Gasteiger partial charge in [-0.3, -0.25) is 4.98 Å². The van der Waals surface area contributed by atoms with Crippen LogP contribution in [0.1, 0.15) is 48.1 Å². The van der Waals surface area contributed by atoms with Crippen molar-refractivity contribution >= 4 is 11.7 Å². The van der Waals surface area contributed by atoms with Crippen molar-refractivity contribution in [2.45, 2.75) is 38.7 Å². The number of carbonyl (C=O) groups is 1. The molecule has 0 radical (unpaired) electrons. The van der Waals surface area contributed by atoms with Gasteiger partial charge in [0.15, 0.2) is 12.7 Å². The van der Waals surface area contributed by atoms with Crippen LogP contribution in [0.4, 0.5) is 0 Å².